The molecule has 24 heavy (non-hydrogen) atoms. The Morgan fingerprint density at radius 1 is 1.25 bits per heavy atom. The van der Waals surface area contributed by atoms with Crippen molar-refractivity contribution >= 4 is 33.6 Å². The minimum atomic E-state index is -0.237. The number of fused-ring (bicyclic) bond motifs is 1. The molecule has 0 bridgehead atoms. The van der Waals surface area contributed by atoms with Crippen LogP contribution in [0.4, 0.5) is 5.69 Å². The van der Waals surface area contributed by atoms with Gasteiger partial charge in [-0.2, -0.15) is 0 Å². The molecule has 0 spiro atoms. The fraction of sp³-hybridized carbons (Fsp3) is 0.167. The van der Waals surface area contributed by atoms with Crippen LogP contribution in [0.2, 0.25) is 0 Å². The summed E-state index contributed by atoms with van der Waals surface area (Å²) in [4.78, 5) is 12.1. The normalized spacial score (nSPS) is 12.4. The molecule has 1 N–H and O–H groups in total. The maximum Gasteiger partial charge on any atom is 0.248 e. The Bertz CT molecular complexity index is 789. The molecule has 3 rings (SSSR count). The molecule has 0 aliphatic carbocycles. The molecule has 0 saturated heterocycles. The van der Waals surface area contributed by atoms with Crippen LogP contribution in [-0.4, -0.2) is 19.3 Å². The summed E-state index contributed by atoms with van der Waals surface area (Å²) in [5, 5.41) is 2.79. The molecule has 1 amide bonds. The summed E-state index contributed by atoms with van der Waals surface area (Å²) in [7, 11) is 0. The van der Waals surface area contributed by atoms with Crippen LogP contribution in [0, 0.1) is 0 Å². The molecule has 124 valence electrons. The number of amides is 1. The van der Waals surface area contributed by atoms with Gasteiger partial charge >= 0.3 is 0 Å². The van der Waals surface area contributed by atoms with Crippen molar-refractivity contribution in [1.29, 1.82) is 0 Å². The van der Waals surface area contributed by atoms with Crippen LogP contribution in [0.25, 0.3) is 6.08 Å². The maximum absolute atomic E-state index is 12.1. The highest BCUT2D eigenvalue weighted by atomic mass is 79.9. The first-order valence-electron chi connectivity index (χ1n) is 7.47. The number of benzene rings is 2. The largest absolute Gasteiger partial charge is 0.493 e. The Morgan fingerprint density at radius 3 is 2.92 bits per heavy atom. The predicted molar refractivity (Wildman–Crippen MR) is 95.5 cm³/mol. The Hall–Kier alpha value is -2.47. The van der Waals surface area contributed by atoms with Crippen molar-refractivity contribution in [3.8, 4) is 17.2 Å². The number of hydrogen-bond acceptors (Lipinski definition) is 4. The molecule has 0 saturated carbocycles. The first kappa shape index (κ1) is 16.4. The summed E-state index contributed by atoms with van der Waals surface area (Å²) in [6.07, 6.45) is 3.19. The molecule has 6 heteroatoms. The number of ether oxygens (including phenoxy) is 3. The zero-order valence-corrected chi connectivity index (χ0v) is 14.6. The van der Waals surface area contributed by atoms with E-state index in [4.69, 9.17) is 14.2 Å². The SMILES string of the molecule is CCOc1cc(Br)ccc1/C=C/C(=O)Nc1ccc2c(c1)OCO2. The van der Waals surface area contributed by atoms with Crippen LogP contribution < -0.4 is 19.5 Å². The van der Waals surface area contributed by atoms with Gasteiger partial charge in [0.15, 0.2) is 11.5 Å². The van der Waals surface area contributed by atoms with Gasteiger partial charge in [-0.3, -0.25) is 4.79 Å². The van der Waals surface area contributed by atoms with Gasteiger partial charge in [0.2, 0.25) is 12.7 Å². The molecule has 0 fully saturated rings. The number of rotatable bonds is 5. The zero-order valence-electron chi connectivity index (χ0n) is 13.0. The van der Waals surface area contributed by atoms with Crippen LogP contribution in [0.5, 0.6) is 17.2 Å². The molecule has 2 aromatic carbocycles. The topological polar surface area (TPSA) is 56.8 Å². The highest BCUT2D eigenvalue weighted by molar-refractivity contribution is 9.10. The van der Waals surface area contributed by atoms with Gasteiger partial charge in [-0.05, 0) is 37.3 Å². The lowest BCUT2D eigenvalue weighted by Gasteiger charge is -2.07. The van der Waals surface area contributed by atoms with Gasteiger partial charge in [0.25, 0.3) is 0 Å². The van der Waals surface area contributed by atoms with Crippen molar-refractivity contribution in [3.05, 3.63) is 52.5 Å². The van der Waals surface area contributed by atoms with E-state index in [0.717, 1.165) is 15.8 Å². The third-order valence-corrected chi connectivity index (χ3v) is 3.82. The Kier molecular flexibility index (Phi) is 5.05. The van der Waals surface area contributed by atoms with E-state index < -0.39 is 0 Å². The number of nitrogens with one attached hydrogen (secondary N) is 1. The molecule has 1 aliphatic heterocycles. The van der Waals surface area contributed by atoms with Gasteiger partial charge in [0, 0.05) is 27.9 Å². The minimum Gasteiger partial charge on any atom is -0.493 e. The minimum absolute atomic E-state index is 0.205. The van der Waals surface area contributed by atoms with Crippen molar-refractivity contribution in [2.75, 3.05) is 18.7 Å². The second-order valence-corrected chi connectivity index (χ2v) is 5.92. The van der Waals surface area contributed by atoms with Gasteiger partial charge in [0.05, 0.1) is 6.61 Å². The van der Waals surface area contributed by atoms with Gasteiger partial charge in [-0.1, -0.05) is 22.0 Å². The van der Waals surface area contributed by atoms with Crippen LogP contribution in [0.1, 0.15) is 12.5 Å². The third kappa shape index (κ3) is 3.89. The molecular formula is C18H16BrNO4. The summed E-state index contributed by atoms with van der Waals surface area (Å²) in [6, 6.07) is 10.9. The molecule has 1 heterocycles. The Balaban J connectivity index is 1.69. The predicted octanol–water partition coefficient (Wildman–Crippen LogP) is 4.23. The molecule has 0 atom stereocenters. The van der Waals surface area contributed by atoms with Crippen LogP contribution in [0.15, 0.2) is 46.9 Å². The standard InChI is InChI=1S/C18H16BrNO4/c1-2-22-16-9-13(19)5-3-12(16)4-8-18(21)20-14-6-7-15-17(10-14)24-11-23-15/h3-10H,2,11H2,1H3,(H,20,21)/b8-4+. The quantitative estimate of drug-likeness (QED) is 0.777. The smallest absolute Gasteiger partial charge is 0.248 e. The lowest BCUT2D eigenvalue weighted by atomic mass is 10.2. The van der Waals surface area contributed by atoms with Crippen molar-refractivity contribution in [3.63, 3.8) is 0 Å². The molecule has 0 aromatic heterocycles. The first-order chi connectivity index (χ1) is 11.7. The fourth-order valence-electron chi connectivity index (χ4n) is 2.25. The number of halogens is 1. The first-order valence-corrected chi connectivity index (χ1v) is 8.26. The van der Waals surface area contributed by atoms with Crippen molar-refractivity contribution in [2.45, 2.75) is 6.92 Å². The monoisotopic (exact) mass is 389 g/mol. The lowest BCUT2D eigenvalue weighted by Crippen LogP contribution is -2.07. The number of carbonyl (C=O) groups is 1. The van der Waals surface area contributed by atoms with E-state index >= 15 is 0 Å². The molecular weight excluding hydrogens is 374 g/mol. The lowest BCUT2D eigenvalue weighted by molar-refractivity contribution is -0.111. The zero-order chi connectivity index (χ0) is 16.9. The number of hydrogen-bond donors (Lipinski definition) is 1. The van der Waals surface area contributed by atoms with Crippen LogP contribution in [-0.2, 0) is 4.79 Å². The van der Waals surface area contributed by atoms with Gasteiger partial charge in [0.1, 0.15) is 5.75 Å². The summed E-state index contributed by atoms with van der Waals surface area (Å²) < 4.78 is 17.0. The highest BCUT2D eigenvalue weighted by Crippen LogP contribution is 2.34. The number of carbonyl (C=O) groups excluding carboxylic acids is 1. The van der Waals surface area contributed by atoms with Gasteiger partial charge < -0.3 is 19.5 Å². The van der Waals surface area contributed by atoms with Crippen LogP contribution >= 0.6 is 15.9 Å². The van der Waals surface area contributed by atoms with E-state index in [1.807, 2.05) is 25.1 Å². The molecule has 2 aromatic rings. The average molecular weight is 390 g/mol. The molecule has 5 nitrogen and oxygen atoms in total. The summed E-state index contributed by atoms with van der Waals surface area (Å²) >= 11 is 3.41. The van der Waals surface area contributed by atoms with E-state index in [1.165, 1.54) is 6.08 Å². The summed E-state index contributed by atoms with van der Waals surface area (Å²) in [5.74, 6) is 1.79. The van der Waals surface area contributed by atoms with Gasteiger partial charge in [-0.15, -0.1) is 0 Å². The summed E-state index contributed by atoms with van der Waals surface area (Å²) in [6.45, 7) is 2.68. The second kappa shape index (κ2) is 7.40. The van der Waals surface area contributed by atoms with Gasteiger partial charge in [-0.25, -0.2) is 0 Å². The number of anilines is 1. The third-order valence-electron chi connectivity index (χ3n) is 3.33. The van der Waals surface area contributed by atoms with Crippen molar-refractivity contribution in [1.82, 2.24) is 0 Å². The maximum atomic E-state index is 12.1. The van der Waals surface area contributed by atoms with E-state index in [-0.39, 0.29) is 12.7 Å². The molecule has 1 aliphatic rings. The fourth-order valence-corrected chi connectivity index (χ4v) is 2.59. The average Bonchev–Trinajstić information content (AvgIpc) is 3.02. The molecule has 0 radical (unpaired) electrons. The Morgan fingerprint density at radius 2 is 2.08 bits per heavy atom. The molecule has 0 unspecified atom stereocenters. The summed E-state index contributed by atoms with van der Waals surface area (Å²) in [5.41, 5.74) is 1.48. The van der Waals surface area contributed by atoms with E-state index in [1.54, 1.807) is 24.3 Å². The van der Waals surface area contributed by atoms with E-state index in [2.05, 4.69) is 21.2 Å². The van der Waals surface area contributed by atoms with Crippen molar-refractivity contribution < 1.29 is 19.0 Å². The highest BCUT2D eigenvalue weighted by Gasteiger charge is 2.13. The van der Waals surface area contributed by atoms with E-state index in [9.17, 15) is 4.79 Å². The van der Waals surface area contributed by atoms with E-state index in [0.29, 0.717) is 23.8 Å². The van der Waals surface area contributed by atoms with Crippen molar-refractivity contribution in [2.24, 2.45) is 0 Å². The van der Waals surface area contributed by atoms with Crippen LogP contribution in [0.3, 0.4) is 0 Å². The second-order valence-electron chi connectivity index (χ2n) is 5.01. The Labute approximate surface area is 148 Å².